The number of nitrogens with zero attached hydrogens (tertiary/aromatic N) is 1. The Labute approximate surface area is 126 Å². The van der Waals surface area contributed by atoms with Gasteiger partial charge in [-0.15, -0.1) is 0 Å². The summed E-state index contributed by atoms with van der Waals surface area (Å²) in [5, 5.41) is 6.87. The fourth-order valence-corrected chi connectivity index (χ4v) is 3.28. The molecule has 0 unspecified atom stereocenters. The predicted molar refractivity (Wildman–Crippen MR) is 85.4 cm³/mol. The van der Waals surface area contributed by atoms with Crippen molar-refractivity contribution in [2.24, 2.45) is 0 Å². The molecule has 2 N–H and O–H groups in total. The first-order chi connectivity index (χ1) is 10.3. The number of carbonyl (C=O) groups excluding carboxylic acids is 1. The van der Waals surface area contributed by atoms with Crippen LogP contribution in [0, 0.1) is 0 Å². The van der Waals surface area contributed by atoms with Gasteiger partial charge in [-0.2, -0.15) is 0 Å². The number of hydrogen-bond acceptors (Lipinski definition) is 3. The zero-order valence-corrected chi connectivity index (χ0v) is 12.7. The summed E-state index contributed by atoms with van der Waals surface area (Å²) in [7, 11) is 0. The number of hydrogen-bond donors (Lipinski definition) is 2. The molecule has 4 heteroatoms. The molecule has 2 heterocycles. The van der Waals surface area contributed by atoms with Crippen molar-refractivity contribution in [3.63, 3.8) is 0 Å². The Morgan fingerprint density at radius 3 is 2.95 bits per heavy atom. The van der Waals surface area contributed by atoms with Crippen LogP contribution in [0.2, 0.25) is 0 Å². The maximum absolute atomic E-state index is 12.1. The lowest BCUT2D eigenvalue weighted by Crippen LogP contribution is -2.37. The van der Waals surface area contributed by atoms with Crippen molar-refractivity contribution < 1.29 is 4.79 Å². The van der Waals surface area contributed by atoms with Crippen molar-refractivity contribution >= 4 is 11.6 Å². The molecule has 0 spiro atoms. The van der Waals surface area contributed by atoms with Gasteiger partial charge in [-0.25, -0.2) is 0 Å². The molecule has 0 aromatic heterocycles. The number of piperidine rings is 1. The summed E-state index contributed by atoms with van der Waals surface area (Å²) in [6.45, 7) is 4.55. The molecule has 1 fully saturated rings. The molecule has 2 aliphatic rings. The van der Waals surface area contributed by atoms with Crippen molar-refractivity contribution in [1.29, 1.82) is 0 Å². The first-order valence-corrected chi connectivity index (χ1v) is 8.18. The summed E-state index contributed by atoms with van der Waals surface area (Å²) < 4.78 is 0. The maximum Gasteiger partial charge on any atom is 0.223 e. The number of nitrogens with one attached hydrogen (secondary N) is 2. The molecule has 4 nitrogen and oxygen atoms in total. The molecule has 0 aliphatic carbocycles. The van der Waals surface area contributed by atoms with Gasteiger partial charge in [0.1, 0.15) is 0 Å². The standard InChI is InChI=1S/C17H25N3O/c21-16(20-11-2-1-3-12-20)8-9-18-13-15-6-4-5-14-7-10-19-17(14)15/h4-6,18-19H,1-3,7-13H2. The van der Waals surface area contributed by atoms with Crippen LogP contribution in [0.1, 0.15) is 36.8 Å². The second kappa shape index (κ2) is 6.94. The third-order valence-electron chi connectivity index (χ3n) is 4.47. The van der Waals surface area contributed by atoms with Crippen molar-refractivity contribution in [3.8, 4) is 0 Å². The van der Waals surface area contributed by atoms with Crippen LogP contribution >= 0.6 is 0 Å². The van der Waals surface area contributed by atoms with Gasteiger partial charge in [-0.3, -0.25) is 4.79 Å². The summed E-state index contributed by atoms with van der Waals surface area (Å²) >= 11 is 0. The zero-order valence-electron chi connectivity index (χ0n) is 12.7. The number of para-hydroxylation sites is 1. The van der Waals surface area contributed by atoms with E-state index in [9.17, 15) is 4.79 Å². The summed E-state index contributed by atoms with van der Waals surface area (Å²) in [5.41, 5.74) is 4.03. The Hall–Kier alpha value is -1.55. The number of benzene rings is 1. The molecule has 1 amide bonds. The molecule has 0 radical (unpaired) electrons. The summed E-state index contributed by atoms with van der Waals surface area (Å²) in [6, 6.07) is 6.48. The molecule has 21 heavy (non-hydrogen) atoms. The molecule has 0 bridgehead atoms. The van der Waals surface area contributed by atoms with Gasteiger partial charge in [-0.05, 0) is 36.8 Å². The lowest BCUT2D eigenvalue weighted by atomic mass is 10.1. The highest BCUT2D eigenvalue weighted by atomic mass is 16.2. The Kier molecular flexibility index (Phi) is 4.76. The molecule has 3 rings (SSSR count). The third kappa shape index (κ3) is 3.56. The lowest BCUT2D eigenvalue weighted by Gasteiger charge is -2.26. The highest BCUT2D eigenvalue weighted by Gasteiger charge is 2.16. The number of carbonyl (C=O) groups is 1. The molecule has 2 aliphatic heterocycles. The number of amides is 1. The minimum absolute atomic E-state index is 0.304. The second-order valence-corrected chi connectivity index (χ2v) is 6.00. The first-order valence-electron chi connectivity index (χ1n) is 8.18. The van der Waals surface area contributed by atoms with E-state index in [0.29, 0.717) is 12.3 Å². The van der Waals surface area contributed by atoms with E-state index in [1.165, 1.54) is 36.1 Å². The van der Waals surface area contributed by atoms with Crippen LogP contribution in [0.3, 0.4) is 0 Å². The first kappa shape index (κ1) is 14.4. The second-order valence-electron chi connectivity index (χ2n) is 6.00. The Morgan fingerprint density at radius 1 is 1.24 bits per heavy atom. The third-order valence-corrected chi connectivity index (χ3v) is 4.47. The lowest BCUT2D eigenvalue weighted by molar-refractivity contribution is -0.131. The van der Waals surface area contributed by atoms with Crippen LogP contribution < -0.4 is 10.6 Å². The molecule has 1 saturated heterocycles. The van der Waals surface area contributed by atoms with E-state index in [1.807, 2.05) is 4.90 Å². The molecule has 0 atom stereocenters. The summed E-state index contributed by atoms with van der Waals surface area (Å²) in [5.74, 6) is 0.304. The quantitative estimate of drug-likeness (QED) is 0.816. The Balaban J connectivity index is 1.42. The van der Waals surface area contributed by atoms with Gasteiger partial charge in [0, 0.05) is 44.8 Å². The minimum Gasteiger partial charge on any atom is -0.384 e. The van der Waals surface area contributed by atoms with Crippen molar-refractivity contribution in [1.82, 2.24) is 10.2 Å². The van der Waals surface area contributed by atoms with E-state index in [0.717, 1.165) is 39.1 Å². The monoisotopic (exact) mass is 287 g/mol. The molecule has 1 aromatic carbocycles. The van der Waals surface area contributed by atoms with E-state index in [1.54, 1.807) is 0 Å². The molecule has 1 aromatic rings. The van der Waals surface area contributed by atoms with Crippen LogP contribution in [0.15, 0.2) is 18.2 Å². The van der Waals surface area contributed by atoms with Crippen LogP contribution in [0.4, 0.5) is 5.69 Å². The summed E-state index contributed by atoms with van der Waals surface area (Å²) in [6.07, 6.45) is 5.34. The van der Waals surface area contributed by atoms with Crippen molar-refractivity contribution in [3.05, 3.63) is 29.3 Å². The highest BCUT2D eigenvalue weighted by molar-refractivity contribution is 5.76. The SMILES string of the molecule is O=C(CCNCc1cccc2c1NCC2)N1CCCCC1. The predicted octanol–water partition coefficient (Wildman–Crippen LogP) is 2.15. The fraction of sp³-hybridized carbons (Fsp3) is 0.588. The maximum atomic E-state index is 12.1. The Morgan fingerprint density at radius 2 is 2.10 bits per heavy atom. The van der Waals surface area contributed by atoms with Crippen LogP contribution in [-0.2, 0) is 17.8 Å². The normalized spacial score (nSPS) is 17.4. The van der Waals surface area contributed by atoms with Crippen molar-refractivity contribution in [2.45, 2.75) is 38.6 Å². The van der Waals surface area contributed by atoms with Gasteiger partial charge in [0.05, 0.1) is 0 Å². The van der Waals surface area contributed by atoms with Gasteiger partial charge in [0.15, 0.2) is 0 Å². The van der Waals surface area contributed by atoms with Crippen LogP contribution in [-0.4, -0.2) is 37.0 Å². The minimum atomic E-state index is 0.304. The smallest absolute Gasteiger partial charge is 0.223 e. The van der Waals surface area contributed by atoms with E-state index in [2.05, 4.69) is 28.8 Å². The molecule has 0 saturated carbocycles. The Bertz CT molecular complexity index is 495. The highest BCUT2D eigenvalue weighted by Crippen LogP contribution is 2.26. The largest absolute Gasteiger partial charge is 0.384 e. The molecule has 114 valence electrons. The molecular formula is C17H25N3O. The van der Waals surface area contributed by atoms with Gasteiger partial charge >= 0.3 is 0 Å². The van der Waals surface area contributed by atoms with E-state index >= 15 is 0 Å². The van der Waals surface area contributed by atoms with E-state index in [4.69, 9.17) is 0 Å². The number of likely N-dealkylation sites (tertiary alicyclic amines) is 1. The number of rotatable bonds is 5. The van der Waals surface area contributed by atoms with Crippen LogP contribution in [0.5, 0.6) is 0 Å². The molecular weight excluding hydrogens is 262 g/mol. The van der Waals surface area contributed by atoms with Gasteiger partial charge in [0.2, 0.25) is 5.91 Å². The zero-order chi connectivity index (χ0) is 14.5. The van der Waals surface area contributed by atoms with E-state index in [-0.39, 0.29) is 0 Å². The van der Waals surface area contributed by atoms with Crippen LogP contribution in [0.25, 0.3) is 0 Å². The fourth-order valence-electron chi connectivity index (χ4n) is 3.28. The van der Waals surface area contributed by atoms with E-state index < -0.39 is 0 Å². The van der Waals surface area contributed by atoms with Gasteiger partial charge in [0.25, 0.3) is 0 Å². The topological polar surface area (TPSA) is 44.4 Å². The average Bonchev–Trinajstić information content (AvgIpc) is 3.01. The van der Waals surface area contributed by atoms with Gasteiger partial charge < -0.3 is 15.5 Å². The summed E-state index contributed by atoms with van der Waals surface area (Å²) in [4.78, 5) is 14.1. The average molecular weight is 287 g/mol. The van der Waals surface area contributed by atoms with Gasteiger partial charge in [-0.1, -0.05) is 18.2 Å². The number of fused-ring (bicyclic) bond motifs is 1. The number of anilines is 1. The van der Waals surface area contributed by atoms with Crippen molar-refractivity contribution in [2.75, 3.05) is 31.5 Å².